The molecule has 5 heteroatoms. The van der Waals surface area contributed by atoms with E-state index in [1.165, 1.54) is 5.01 Å². The van der Waals surface area contributed by atoms with E-state index < -0.39 is 17.6 Å². The molecular formula is C19H36N2O3. The highest BCUT2D eigenvalue weighted by atomic mass is 16.6. The largest absolute Gasteiger partial charge is 0.458 e. The standard InChI is InChI=1S/C19H36N2O3/c1-9-10-16(18(23)24-19(6,7)8)21(20-13-15(4)5)17(22)12-11-14(2)3/h9,14-16,20H,1,10-13H2,2-8H3. The van der Waals surface area contributed by atoms with E-state index in [4.69, 9.17) is 4.74 Å². The molecule has 0 spiro atoms. The van der Waals surface area contributed by atoms with Crippen molar-refractivity contribution in [1.29, 1.82) is 0 Å². The monoisotopic (exact) mass is 340 g/mol. The van der Waals surface area contributed by atoms with Crippen molar-refractivity contribution in [3.05, 3.63) is 12.7 Å². The molecule has 1 amide bonds. The Morgan fingerprint density at radius 1 is 1.17 bits per heavy atom. The fourth-order valence-electron chi connectivity index (χ4n) is 2.02. The van der Waals surface area contributed by atoms with E-state index in [1.807, 2.05) is 20.8 Å². The summed E-state index contributed by atoms with van der Waals surface area (Å²) < 4.78 is 5.50. The highest BCUT2D eigenvalue weighted by molar-refractivity contribution is 5.84. The summed E-state index contributed by atoms with van der Waals surface area (Å²) in [6.07, 6.45) is 3.19. The van der Waals surface area contributed by atoms with Gasteiger partial charge in [-0.05, 0) is 45.4 Å². The molecule has 0 aromatic carbocycles. The third kappa shape index (κ3) is 9.71. The molecule has 1 atom stereocenters. The SMILES string of the molecule is C=CCC(C(=O)OC(C)(C)C)N(NCC(C)C)C(=O)CCC(C)C. The van der Waals surface area contributed by atoms with Gasteiger partial charge in [0.1, 0.15) is 11.6 Å². The van der Waals surface area contributed by atoms with E-state index >= 15 is 0 Å². The van der Waals surface area contributed by atoms with Crippen LogP contribution in [0.2, 0.25) is 0 Å². The summed E-state index contributed by atoms with van der Waals surface area (Å²) in [6, 6.07) is -0.694. The Morgan fingerprint density at radius 3 is 2.17 bits per heavy atom. The van der Waals surface area contributed by atoms with Gasteiger partial charge < -0.3 is 4.74 Å². The van der Waals surface area contributed by atoms with Crippen molar-refractivity contribution in [3.63, 3.8) is 0 Å². The van der Waals surface area contributed by atoms with Crippen LogP contribution in [0.4, 0.5) is 0 Å². The number of amides is 1. The van der Waals surface area contributed by atoms with Crippen molar-refractivity contribution in [3.8, 4) is 0 Å². The summed E-state index contributed by atoms with van der Waals surface area (Å²) in [7, 11) is 0. The fourth-order valence-corrected chi connectivity index (χ4v) is 2.02. The summed E-state index contributed by atoms with van der Waals surface area (Å²) in [6.45, 7) is 18.1. The molecule has 0 aliphatic heterocycles. The molecule has 24 heavy (non-hydrogen) atoms. The maximum absolute atomic E-state index is 12.7. The Bertz CT molecular complexity index is 411. The second-order valence-corrected chi connectivity index (χ2v) is 8.03. The van der Waals surface area contributed by atoms with Crippen molar-refractivity contribution in [2.45, 2.75) is 79.4 Å². The number of nitrogens with zero attached hydrogens (tertiary/aromatic N) is 1. The van der Waals surface area contributed by atoms with Crippen LogP contribution in [0.25, 0.3) is 0 Å². The predicted molar refractivity (Wildman–Crippen MR) is 98.2 cm³/mol. The molecular weight excluding hydrogens is 304 g/mol. The minimum Gasteiger partial charge on any atom is -0.458 e. The first-order chi connectivity index (χ1) is 11.0. The summed E-state index contributed by atoms with van der Waals surface area (Å²) in [5, 5.41) is 1.46. The smallest absolute Gasteiger partial charge is 0.331 e. The average molecular weight is 341 g/mol. The van der Waals surface area contributed by atoms with E-state index in [0.717, 1.165) is 6.42 Å². The molecule has 0 rings (SSSR count). The number of carbonyl (C=O) groups excluding carboxylic acids is 2. The second-order valence-electron chi connectivity index (χ2n) is 8.03. The molecule has 1 unspecified atom stereocenters. The van der Waals surface area contributed by atoms with Crippen LogP contribution in [0, 0.1) is 11.8 Å². The summed E-state index contributed by atoms with van der Waals surface area (Å²) >= 11 is 0. The highest BCUT2D eigenvalue weighted by Gasteiger charge is 2.32. The van der Waals surface area contributed by atoms with Gasteiger partial charge in [0.2, 0.25) is 5.91 Å². The Labute approximate surface area is 147 Å². The Morgan fingerprint density at radius 2 is 1.75 bits per heavy atom. The third-order valence-corrected chi connectivity index (χ3v) is 3.25. The molecule has 0 aromatic heterocycles. The number of hydrogen-bond acceptors (Lipinski definition) is 4. The first kappa shape index (κ1) is 22.6. The van der Waals surface area contributed by atoms with Crippen LogP contribution in [0.5, 0.6) is 0 Å². The van der Waals surface area contributed by atoms with Crippen molar-refractivity contribution in [2.24, 2.45) is 11.8 Å². The molecule has 0 fully saturated rings. The topological polar surface area (TPSA) is 58.6 Å². The predicted octanol–water partition coefficient (Wildman–Crippen LogP) is 3.70. The van der Waals surface area contributed by atoms with Crippen LogP contribution >= 0.6 is 0 Å². The van der Waals surface area contributed by atoms with Crippen molar-refractivity contribution in [1.82, 2.24) is 10.4 Å². The molecule has 0 heterocycles. The van der Waals surface area contributed by atoms with E-state index in [1.54, 1.807) is 6.08 Å². The highest BCUT2D eigenvalue weighted by Crippen LogP contribution is 2.15. The number of hydrogen-bond donors (Lipinski definition) is 1. The molecule has 0 bridgehead atoms. The van der Waals surface area contributed by atoms with Gasteiger partial charge in [-0.25, -0.2) is 10.2 Å². The number of esters is 1. The number of rotatable bonds is 10. The first-order valence-electron chi connectivity index (χ1n) is 8.87. The molecule has 140 valence electrons. The maximum atomic E-state index is 12.7. The van der Waals surface area contributed by atoms with E-state index in [2.05, 4.69) is 39.7 Å². The third-order valence-electron chi connectivity index (χ3n) is 3.25. The fraction of sp³-hybridized carbons (Fsp3) is 0.789. The van der Waals surface area contributed by atoms with Crippen LogP contribution in [-0.2, 0) is 14.3 Å². The van der Waals surface area contributed by atoms with Gasteiger partial charge >= 0.3 is 5.97 Å². The quantitative estimate of drug-likeness (QED) is 0.374. The second kappa shape index (κ2) is 10.5. The van der Waals surface area contributed by atoms with Crippen LogP contribution in [0.3, 0.4) is 0 Å². The van der Waals surface area contributed by atoms with Gasteiger partial charge in [-0.3, -0.25) is 9.80 Å². The van der Waals surface area contributed by atoms with Crippen molar-refractivity contribution >= 4 is 11.9 Å². The van der Waals surface area contributed by atoms with E-state index in [0.29, 0.717) is 31.2 Å². The zero-order valence-corrected chi connectivity index (χ0v) is 16.5. The molecule has 0 radical (unpaired) electrons. The average Bonchev–Trinajstić information content (AvgIpc) is 2.41. The van der Waals surface area contributed by atoms with Gasteiger partial charge in [0.05, 0.1) is 0 Å². The first-order valence-corrected chi connectivity index (χ1v) is 8.87. The van der Waals surface area contributed by atoms with Gasteiger partial charge in [0.25, 0.3) is 0 Å². The van der Waals surface area contributed by atoms with Crippen LogP contribution in [0.1, 0.15) is 67.7 Å². The lowest BCUT2D eigenvalue weighted by atomic mass is 10.1. The lowest BCUT2D eigenvalue weighted by molar-refractivity contribution is -0.167. The van der Waals surface area contributed by atoms with Gasteiger partial charge in [0, 0.05) is 13.0 Å². The van der Waals surface area contributed by atoms with Gasteiger partial charge in [-0.15, -0.1) is 6.58 Å². The summed E-state index contributed by atoms with van der Waals surface area (Å²) in [5.41, 5.74) is 2.53. The molecule has 0 aliphatic carbocycles. The van der Waals surface area contributed by atoms with Crippen LogP contribution in [0.15, 0.2) is 12.7 Å². The van der Waals surface area contributed by atoms with E-state index in [9.17, 15) is 9.59 Å². The zero-order valence-electron chi connectivity index (χ0n) is 16.5. The minimum absolute atomic E-state index is 0.0814. The van der Waals surface area contributed by atoms with Crippen molar-refractivity contribution < 1.29 is 14.3 Å². The molecule has 0 saturated carbocycles. The summed E-state index contributed by atoms with van der Waals surface area (Å²) in [5.74, 6) is 0.298. The lowest BCUT2D eigenvalue weighted by Gasteiger charge is -2.33. The molecule has 0 aliphatic rings. The van der Waals surface area contributed by atoms with Gasteiger partial charge in [-0.2, -0.15) is 0 Å². The normalized spacial score (nSPS) is 13.0. The van der Waals surface area contributed by atoms with Gasteiger partial charge in [-0.1, -0.05) is 33.8 Å². The number of nitrogens with one attached hydrogen (secondary N) is 1. The summed E-state index contributed by atoms with van der Waals surface area (Å²) in [4.78, 5) is 25.2. The Hall–Kier alpha value is -1.36. The van der Waals surface area contributed by atoms with Gasteiger partial charge in [0.15, 0.2) is 0 Å². The minimum atomic E-state index is -0.694. The Kier molecular flexibility index (Phi) is 9.90. The molecule has 0 saturated heterocycles. The molecule has 1 N–H and O–H groups in total. The Balaban J connectivity index is 5.28. The van der Waals surface area contributed by atoms with Crippen LogP contribution < -0.4 is 5.43 Å². The zero-order chi connectivity index (χ0) is 18.9. The van der Waals surface area contributed by atoms with E-state index in [-0.39, 0.29) is 5.91 Å². The number of ether oxygens (including phenoxy) is 1. The van der Waals surface area contributed by atoms with Crippen LogP contribution in [-0.4, -0.2) is 35.1 Å². The molecule has 5 nitrogen and oxygen atoms in total. The lowest BCUT2D eigenvalue weighted by Crippen LogP contribution is -2.54. The number of hydrazine groups is 1. The molecule has 0 aromatic rings. The van der Waals surface area contributed by atoms with Crippen molar-refractivity contribution in [2.75, 3.05) is 6.54 Å². The number of carbonyl (C=O) groups is 2. The maximum Gasteiger partial charge on any atom is 0.331 e.